The molecule has 0 unspecified atom stereocenters. The molecule has 3 rings (SSSR count). The van der Waals surface area contributed by atoms with Gasteiger partial charge in [-0.05, 0) is 61.4 Å². The summed E-state index contributed by atoms with van der Waals surface area (Å²) in [5.41, 5.74) is 5.03. The summed E-state index contributed by atoms with van der Waals surface area (Å²) in [7, 11) is -3.78. The predicted molar refractivity (Wildman–Crippen MR) is 120 cm³/mol. The number of anilines is 1. The Morgan fingerprint density at radius 1 is 1.12 bits per heavy atom. The van der Waals surface area contributed by atoms with Crippen molar-refractivity contribution in [3.8, 4) is 11.5 Å². The molecule has 1 aliphatic rings. The standard InChI is InChI=1S/C22H26F3N3O5S/c1-34(31,32)28(14-20(21(26)30)27-12-10-17(29)11-13-27)16-4-8-19(9-5-16)33-18-6-2-15(3-7-18)22(23,24)25/h2-9,17,20,29H,10-14H2,1H3,(H2,26,30)/t20-/m0/s1. The predicted octanol–water partition coefficient (Wildman–Crippen LogP) is 2.57. The number of aliphatic hydroxyl groups is 1. The molecule has 0 aliphatic carbocycles. The Hall–Kier alpha value is -2.83. The number of sulfonamides is 1. The molecule has 0 bridgehead atoms. The number of carbonyl (C=O) groups is 1. The Morgan fingerprint density at radius 2 is 1.62 bits per heavy atom. The maximum atomic E-state index is 12.7. The summed E-state index contributed by atoms with van der Waals surface area (Å²) in [5, 5.41) is 9.71. The molecule has 186 valence electrons. The van der Waals surface area contributed by atoms with Crippen LogP contribution >= 0.6 is 0 Å². The second-order valence-corrected chi connectivity index (χ2v) is 10.0. The maximum Gasteiger partial charge on any atom is 0.416 e. The summed E-state index contributed by atoms with van der Waals surface area (Å²) in [6, 6.07) is 9.18. The van der Waals surface area contributed by atoms with Crippen LogP contribution in [-0.2, 0) is 21.0 Å². The van der Waals surface area contributed by atoms with Crippen molar-refractivity contribution in [3.63, 3.8) is 0 Å². The third-order valence-corrected chi connectivity index (χ3v) is 6.71. The van der Waals surface area contributed by atoms with Gasteiger partial charge in [-0.1, -0.05) is 0 Å². The minimum atomic E-state index is -4.45. The Bertz CT molecular complexity index is 1080. The third kappa shape index (κ3) is 6.61. The van der Waals surface area contributed by atoms with Gasteiger partial charge in [0, 0.05) is 13.1 Å². The van der Waals surface area contributed by atoms with E-state index < -0.39 is 39.8 Å². The topological polar surface area (TPSA) is 113 Å². The minimum absolute atomic E-state index is 0.182. The van der Waals surface area contributed by atoms with Crippen molar-refractivity contribution in [2.45, 2.75) is 31.2 Å². The van der Waals surface area contributed by atoms with Crippen LogP contribution in [0.1, 0.15) is 18.4 Å². The monoisotopic (exact) mass is 501 g/mol. The highest BCUT2D eigenvalue weighted by Gasteiger charge is 2.32. The lowest BCUT2D eigenvalue weighted by atomic mass is 10.1. The van der Waals surface area contributed by atoms with Crippen molar-refractivity contribution >= 4 is 21.6 Å². The van der Waals surface area contributed by atoms with Gasteiger partial charge >= 0.3 is 6.18 Å². The Labute approximate surface area is 195 Å². The van der Waals surface area contributed by atoms with Crippen molar-refractivity contribution in [3.05, 3.63) is 54.1 Å². The molecule has 2 aromatic carbocycles. The van der Waals surface area contributed by atoms with E-state index in [0.29, 0.717) is 25.9 Å². The van der Waals surface area contributed by atoms with Crippen LogP contribution in [0.3, 0.4) is 0 Å². The number of rotatable bonds is 8. The van der Waals surface area contributed by atoms with E-state index in [2.05, 4.69) is 0 Å². The molecule has 34 heavy (non-hydrogen) atoms. The summed E-state index contributed by atoms with van der Waals surface area (Å²) in [5.74, 6) is -0.206. The summed E-state index contributed by atoms with van der Waals surface area (Å²) in [6.45, 7) is 0.613. The molecule has 12 heteroatoms. The van der Waals surface area contributed by atoms with Crippen LogP contribution in [0.4, 0.5) is 18.9 Å². The Morgan fingerprint density at radius 3 is 2.06 bits per heavy atom. The second kappa shape index (κ2) is 10.2. The molecule has 0 spiro atoms. The van der Waals surface area contributed by atoms with Gasteiger partial charge in [-0.25, -0.2) is 8.42 Å². The fourth-order valence-corrected chi connectivity index (χ4v) is 4.62. The van der Waals surface area contributed by atoms with Crippen LogP contribution in [0.5, 0.6) is 11.5 Å². The normalized spacial score (nSPS) is 16.7. The number of benzene rings is 2. The van der Waals surface area contributed by atoms with Gasteiger partial charge in [0.15, 0.2) is 0 Å². The van der Waals surface area contributed by atoms with E-state index in [9.17, 15) is 31.5 Å². The molecule has 1 heterocycles. The van der Waals surface area contributed by atoms with E-state index in [1.807, 2.05) is 0 Å². The Kier molecular flexibility index (Phi) is 7.74. The van der Waals surface area contributed by atoms with Gasteiger partial charge < -0.3 is 15.6 Å². The molecule has 2 aromatic rings. The number of ether oxygens (including phenoxy) is 1. The molecular formula is C22H26F3N3O5S. The van der Waals surface area contributed by atoms with Crippen LogP contribution < -0.4 is 14.8 Å². The smallest absolute Gasteiger partial charge is 0.416 e. The van der Waals surface area contributed by atoms with Gasteiger partial charge in [-0.2, -0.15) is 13.2 Å². The quantitative estimate of drug-likeness (QED) is 0.575. The molecular weight excluding hydrogens is 475 g/mol. The molecule has 0 radical (unpaired) electrons. The molecule has 1 atom stereocenters. The van der Waals surface area contributed by atoms with Crippen LogP contribution in [-0.4, -0.2) is 62.4 Å². The van der Waals surface area contributed by atoms with Crippen LogP contribution in [0.25, 0.3) is 0 Å². The molecule has 1 fully saturated rings. The number of amides is 1. The number of hydrogen-bond acceptors (Lipinski definition) is 6. The molecule has 1 aliphatic heterocycles. The van der Waals surface area contributed by atoms with E-state index in [4.69, 9.17) is 10.5 Å². The van der Waals surface area contributed by atoms with E-state index in [0.717, 1.165) is 22.7 Å². The average molecular weight is 502 g/mol. The Balaban J connectivity index is 1.76. The number of likely N-dealkylation sites (tertiary alicyclic amines) is 1. The number of nitrogens with zero attached hydrogens (tertiary/aromatic N) is 2. The van der Waals surface area contributed by atoms with E-state index in [1.54, 1.807) is 4.90 Å². The number of nitrogens with two attached hydrogens (primary N) is 1. The van der Waals surface area contributed by atoms with Crippen molar-refractivity contribution < 1.29 is 36.2 Å². The fraction of sp³-hybridized carbons (Fsp3) is 0.409. The number of alkyl halides is 3. The number of hydrogen-bond donors (Lipinski definition) is 2. The molecule has 8 nitrogen and oxygen atoms in total. The van der Waals surface area contributed by atoms with Crippen LogP contribution in [0.2, 0.25) is 0 Å². The molecule has 1 saturated heterocycles. The zero-order valence-electron chi connectivity index (χ0n) is 18.4. The number of carbonyl (C=O) groups excluding carboxylic acids is 1. The molecule has 0 saturated carbocycles. The van der Waals surface area contributed by atoms with Gasteiger partial charge in [0.1, 0.15) is 17.5 Å². The zero-order chi connectivity index (χ0) is 25.1. The van der Waals surface area contributed by atoms with Crippen molar-refractivity contribution in [2.24, 2.45) is 5.73 Å². The summed E-state index contributed by atoms with van der Waals surface area (Å²) >= 11 is 0. The summed E-state index contributed by atoms with van der Waals surface area (Å²) in [6.07, 6.45) is -2.99. The number of aliphatic hydroxyl groups excluding tert-OH is 1. The van der Waals surface area contributed by atoms with Gasteiger partial charge in [0.05, 0.1) is 30.2 Å². The lowest BCUT2D eigenvalue weighted by Crippen LogP contribution is -2.55. The average Bonchev–Trinajstić information content (AvgIpc) is 2.75. The van der Waals surface area contributed by atoms with E-state index >= 15 is 0 Å². The third-order valence-electron chi connectivity index (χ3n) is 5.55. The first-order chi connectivity index (χ1) is 15.8. The molecule has 3 N–H and O–H groups in total. The lowest BCUT2D eigenvalue weighted by molar-refractivity contribution is -0.137. The van der Waals surface area contributed by atoms with Gasteiger partial charge in [-0.15, -0.1) is 0 Å². The lowest BCUT2D eigenvalue weighted by Gasteiger charge is -2.37. The van der Waals surface area contributed by atoms with Gasteiger partial charge in [0.25, 0.3) is 0 Å². The van der Waals surface area contributed by atoms with E-state index in [-0.39, 0.29) is 23.7 Å². The number of halogens is 3. The first kappa shape index (κ1) is 25.8. The summed E-state index contributed by atoms with van der Waals surface area (Å²) in [4.78, 5) is 13.9. The maximum absolute atomic E-state index is 12.7. The van der Waals surface area contributed by atoms with Crippen molar-refractivity contribution in [1.29, 1.82) is 0 Å². The van der Waals surface area contributed by atoms with Crippen molar-refractivity contribution in [1.82, 2.24) is 4.90 Å². The fourth-order valence-electron chi connectivity index (χ4n) is 3.70. The highest BCUT2D eigenvalue weighted by molar-refractivity contribution is 7.92. The number of piperidine rings is 1. The van der Waals surface area contributed by atoms with Crippen LogP contribution in [0, 0.1) is 0 Å². The first-order valence-electron chi connectivity index (χ1n) is 10.5. The highest BCUT2D eigenvalue weighted by Crippen LogP contribution is 2.32. The van der Waals surface area contributed by atoms with Crippen LogP contribution in [0.15, 0.2) is 48.5 Å². The first-order valence-corrected chi connectivity index (χ1v) is 12.3. The molecule has 0 aromatic heterocycles. The largest absolute Gasteiger partial charge is 0.457 e. The van der Waals surface area contributed by atoms with Gasteiger partial charge in [0.2, 0.25) is 15.9 Å². The van der Waals surface area contributed by atoms with Gasteiger partial charge in [-0.3, -0.25) is 14.0 Å². The minimum Gasteiger partial charge on any atom is -0.457 e. The summed E-state index contributed by atoms with van der Waals surface area (Å²) < 4.78 is 69.7. The number of primary amides is 1. The highest BCUT2D eigenvalue weighted by atomic mass is 32.2. The zero-order valence-corrected chi connectivity index (χ0v) is 19.2. The SMILES string of the molecule is CS(=O)(=O)N(C[C@@H](C(N)=O)N1CCC(O)CC1)c1ccc(Oc2ccc(C(F)(F)F)cc2)cc1. The molecule has 1 amide bonds. The second-order valence-electron chi connectivity index (χ2n) is 8.10. The van der Waals surface area contributed by atoms with E-state index in [1.165, 1.54) is 36.4 Å². The van der Waals surface area contributed by atoms with Crippen molar-refractivity contribution in [2.75, 3.05) is 30.2 Å².